The molecule has 7 nitrogen and oxygen atoms in total. The van der Waals surface area contributed by atoms with E-state index in [4.69, 9.17) is 5.11 Å². The SMILES string of the molecule is CCn1cc(S(=O)(=O)N2CCC[C@H]2C(=O)O)nc1C. The fourth-order valence-corrected chi connectivity index (χ4v) is 3.97. The first-order valence-electron chi connectivity index (χ1n) is 6.16. The largest absolute Gasteiger partial charge is 0.480 e. The third-order valence-corrected chi connectivity index (χ3v) is 5.14. The average molecular weight is 287 g/mol. The minimum absolute atomic E-state index is 0.0694. The van der Waals surface area contributed by atoms with E-state index < -0.39 is 22.0 Å². The highest BCUT2D eigenvalue weighted by molar-refractivity contribution is 7.89. The average Bonchev–Trinajstić information content (AvgIpc) is 2.94. The minimum Gasteiger partial charge on any atom is -0.480 e. The molecule has 2 heterocycles. The zero-order valence-electron chi connectivity index (χ0n) is 10.9. The lowest BCUT2D eigenvalue weighted by Crippen LogP contribution is -2.40. The second-order valence-electron chi connectivity index (χ2n) is 4.52. The summed E-state index contributed by atoms with van der Waals surface area (Å²) < 4.78 is 27.6. The monoisotopic (exact) mass is 287 g/mol. The number of aryl methyl sites for hydroxylation is 2. The molecule has 1 saturated heterocycles. The number of imidazole rings is 1. The van der Waals surface area contributed by atoms with E-state index in [0.29, 0.717) is 25.2 Å². The molecule has 0 unspecified atom stereocenters. The number of aliphatic carboxylic acids is 1. The van der Waals surface area contributed by atoms with Crippen LogP contribution in [0.25, 0.3) is 0 Å². The molecule has 1 N–H and O–H groups in total. The predicted octanol–water partition coefficient (Wildman–Crippen LogP) is 0.449. The Kier molecular flexibility index (Phi) is 3.64. The van der Waals surface area contributed by atoms with Crippen molar-refractivity contribution in [3.05, 3.63) is 12.0 Å². The number of sulfonamides is 1. The molecule has 1 aliphatic heterocycles. The standard InChI is InChI=1S/C11H17N3O4S/c1-3-13-7-10(12-8(13)2)19(17,18)14-6-4-5-9(14)11(15)16/h7,9H,3-6H2,1-2H3,(H,15,16)/t9-/m0/s1. The van der Waals surface area contributed by atoms with Gasteiger partial charge in [0.2, 0.25) is 0 Å². The van der Waals surface area contributed by atoms with Crippen LogP contribution in [0.1, 0.15) is 25.6 Å². The quantitative estimate of drug-likeness (QED) is 0.868. The van der Waals surface area contributed by atoms with Gasteiger partial charge in [-0.25, -0.2) is 13.4 Å². The number of aromatic nitrogens is 2. The fourth-order valence-electron chi connectivity index (χ4n) is 2.32. The third-order valence-electron chi connectivity index (χ3n) is 3.36. The lowest BCUT2D eigenvalue weighted by molar-refractivity contribution is -0.140. The van der Waals surface area contributed by atoms with Crippen LogP contribution in [0.4, 0.5) is 0 Å². The van der Waals surface area contributed by atoms with Crippen LogP contribution < -0.4 is 0 Å². The first-order valence-corrected chi connectivity index (χ1v) is 7.60. The molecule has 0 aliphatic carbocycles. The van der Waals surface area contributed by atoms with Crippen LogP contribution in [-0.4, -0.2) is 45.9 Å². The van der Waals surface area contributed by atoms with Crippen molar-refractivity contribution in [3.8, 4) is 0 Å². The normalized spacial score (nSPS) is 20.8. The molecule has 19 heavy (non-hydrogen) atoms. The Morgan fingerprint density at radius 3 is 2.79 bits per heavy atom. The summed E-state index contributed by atoms with van der Waals surface area (Å²) in [6, 6.07) is -0.975. The van der Waals surface area contributed by atoms with E-state index in [1.807, 2.05) is 6.92 Å². The summed E-state index contributed by atoms with van der Waals surface area (Å²) >= 11 is 0. The van der Waals surface area contributed by atoms with Gasteiger partial charge in [0.25, 0.3) is 10.0 Å². The van der Waals surface area contributed by atoms with Gasteiger partial charge in [-0.3, -0.25) is 4.79 Å². The maximum atomic E-state index is 12.4. The summed E-state index contributed by atoms with van der Waals surface area (Å²) in [5.41, 5.74) is 0. The Balaban J connectivity index is 2.38. The van der Waals surface area contributed by atoms with Crippen molar-refractivity contribution < 1.29 is 18.3 Å². The molecule has 1 atom stereocenters. The molecule has 0 spiro atoms. The predicted molar refractivity (Wildman–Crippen MR) is 67.2 cm³/mol. The highest BCUT2D eigenvalue weighted by Gasteiger charge is 2.40. The Morgan fingerprint density at radius 2 is 2.26 bits per heavy atom. The number of hydrogen-bond acceptors (Lipinski definition) is 4. The highest BCUT2D eigenvalue weighted by atomic mass is 32.2. The van der Waals surface area contributed by atoms with Gasteiger partial charge in [0.05, 0.1) is 0 Å². The van der Waals surface area contributed by atoms with Gasteiger partial charge in [0.15, 0.2) is 5.03 Å². The van der Waals surface area contributed by atoms with Crippen LogP contribution in [-0.2, 0) is 21.4 Å². The molecule has 2 rings (SSSR count). The fraction of sp³-hybridized carbons (Fsp3) is 0.636. The zero-order chi connectivity index (χ0) is 14.2. The summed E-state index contributed by atoms with van der Waals surface area (Å²) in [7, 11) is -3.82. The second kappa shape index (κ2) is 4.93. The van der Waals surface area contributed by atoms with Gasteiger partial charge >= 0.3 is 5.97 Å². The summed E-state index contributed by atoms with van der Waals surface area (Å²) in [5.74, 6) is -0.500. The third kappa shape index (κ3) is 2.37. The van der Waals surface area contributed by atoms with Crippen molar-refractivity contribution in [3.63, 3.8) is 0 Å². The van der Waals surface area contributed by atoms with Crippen LogP contribution in [0, 0.1) is 6.92 Å². The number of nitrogens with zero attached hydrogens (tertiary/aromatic N) is 3. The number of rotatable bonds is 4. The zero-order valence-corrected chi connectivity index (χ0v) is 11.7. The van der Waals surface area contributed by atoms with Gasteiger partial charge in [-0.2, -0.15) is 4.31 Å². The van der Waals surface area contributed by atoms with Gasteiger partial charge in [-0.15, -0.1) is 0 Å². The maximum absolute atomic E-state index is 12.4. The topological polar surface area (TPSA) is 92.5 Å². The van der Waals surface area contributed by atoms with Crippen LogP contribution in [0.2, 0.25) is 0 Å². The van der Waals surface area contributed by atoms with Gasteiger partial charge in [-0.05, 0) is 26.7 Å². The maximum Gasteiger partial charge on any atom is 0.322 e. The van der Waals surface area contributed by atoms with E-state index in [2.05, 4.69) is 4.98 Å². The summed E-state index contributed by atoms with van der Waals surface area (Å²) in [6.45, 7) is 4.47. The van der Waals surface area contributed by atoms with E-state index in [9.17, 15) is 13.2 Å². The Bertz CT molecular complexity index is 593. The van der Waals surface area contributed by atoms with E-state index in [1.165, 1.54) is 6.20 Å². The lowest BCUT2D eigenvalue weighted by Gasteiger charge is -2.19. The molecule has 0 saturated carbocycles. The van der Waals surface area contributed by atoms with Crippen molar-refractivity contribution in [2.24, 2.45) is 0 Å². The molecule has 1 fully saturated rings. The van der Waals surface area contributed by atoms with Crippen LogP contribution in [0.15, 0.2) is 11.2 Å². The van der Waals surface area contributed by atoms with E-state index in [1.54, 1.807) is 11.5 Å². The van der Waals surface area contributed by atoms with Crippen LogP contribution in [0.3, 0.4) is 0 Å². The Labute approximate surface area is 111 Å². The highest BCUT2D eigenvalue weighted by Crippen LogP contribution is 2.25. The molecule has 0 radical (unpaired) electrons. The second-order valence-corrected chi connectivity index (χ2v) is 6.36. The van der Waals surface area contributed by atoms with Crippen molar-refractivity contribution in [2.75, 3.05) is 6.54 Å². The lowest BCUT2D eigenvalue weighted by atomic mass is 10.2. The summed E-state index contributed by atoms with van der Waals surface area (Å²) in [5, 5.41) is 9.00. The Hall–Kier alpha value is -1.41. The van der Waals surface area contributed by atoms with Crippen molar-refractivity contribution >= 4 is 16.0 Å². The van der Waals surface area contributed by atoms with Gasteiger partial charge in [-0.1, -0.05) is 0 Å². The van der Waals surface area contributed by atoms with Crippen LogP contribution >= 0.6 is 0 Å². The number of carboxylic acids is 1. The molecular weight excluding hydrogens is 270 g/mol. The number of carbonyl (C=O) groups is 1. The molecule has 1 aromatic rings. The van der Waals surface area contributed by atoms with Gasteiger partial charge in [0.1, 0.15) is 11.9 Å². The van der Waals surface area contributed by atoms with Gasteiger partial charge in [0, 0.05) is 19.3 Å². The molecular formula is C11H17N3O4S. The minimum atomic E-state index is -3.82. The van der Waals surface area contributed by atoms with Crippen LogP contribution in [0.5, 0.6) is 0 Å². The smallest absolute Gasteiger partial charge is 0.322 e. The van der Waals surface area contributed by atoms with Gasteiger partial charge < -0.3 is 9.67 Å². The number of hydrogen-bond donors (Lipinski definition) is 1. The van der Waals surface area contributed by atoms with Crippen molar-refractivity contribution in [2.45, 2.75) is 44.3 Å². The first kappa shape index (κ1) is 14.0. The molecule has 106 valence electrons. The van der Waals surface area contributed by atoms with Crippen molar-refractivity contribution in [1.82, 2.24) is 13.9 Å². The first-order chi connectivity index (χ1) is 8.87. The Morgan fingerprint density at radius 1 is 1.58 bits per heavy atom. The number of carboxylic acid groups (broad SMARTS) is 1. The molecule has 0 amide bonds. The van der Waals surface area contributed by atoms with E-state index in [-0.39, 0.29) is 11.6 Å². The summed E-state index contributed by atoms with van der Waals surface area (Å²) in [6.07, 6.45) is 2.37. The van der Waals surface area contributed by atoms with E-state index in [0.717, 1.165) is 4.31 Å². The molecule has 0 bridgehead atoms. The van der Waals surface area contributed by atoms with Crippen molar-refractivity contribution in [1.29, 1.82) is 0 Å². The molecule has 1 aromatic heterocycles. The molecule has 1 aliphatic rings. The summed E-state index contributed by atoms with van der Waals surface area (Å²) in [4.78, 5) is 15.1. The molecule has 8 heteroatoms. The van der Waals surface area contributed by atoms with E-state index >= 15 is 0 Å². The molecule has 0 aromatic carbocycles.